The molecule has 1 aliphatic rings. The van der Waals surface area contributed by atoms with Gasteiger partial charge in [-0.25, -0.2) is 0 Å². The fourth-order valence-corrected chi connectivity index (χ4v) is 4.80. The molecule has 0 amide bonds. The van der Waals surface area contributed by atoms with E-state index in [-0.39, 0.29) is 24.4 Å². The van der Waals surface area contributed by atoms with Gasteiger partial charge in [0.15, 0.2) is 0 Å². The second kappa shape index (κ2) is 25.3. The van der Waals surface area contributed by atoms with Crippen LogP contribution < -0.4 is 0 Å². The Morgan fingerprint density at radius 1 is 0.884 bits per heavy atom. The lowest BCUT2D eigenvalue weighted by molar-refractivity contribution is -0.106. The fraction of sp³-hybridized carbons (Fsp3) is 0.459. The van der Waals surface area contributed by atoms with Crippen LogP contribution in [0.25, 0.3) is 11.1 Å². The largest absolute Gasteiger partial charge is 0.400 e. The van der Waals surface area contributed by atoms with Crippen LogP contribution in [0.1, 0.15) is 75.0 Å². The van der Waals surface area contributed by atoms with Crippen molar-refractivity contribution in [3.05, 3.63) is 95.6 Å². The molecule has 3 rings (SSSR count). The lowest BCUT2D eigenvalue weighted by atomic mass is 9.77. The van der Waals surface area contributed by atoms with Gasteiger partial charge < -0.3 is 20.1 Å². The molecule has 2 aromatic carbocycles. The van der Waals surface area contributed by atoms with Gasteiger partial charge in [-0.2, -0.15) is 0 Å². The molecule has 1 saturated carbocycles. The van der Waals surface area contributed by atoms with Crippen molar-refractivity contribution in [2.24, 2.45) is 5.92 Å². The second-order valence-electron chi connectivity index (χ2n) is 10.5. The number of rotatable bonds is 13. The minimum Gasteiger partial charge on any atom is -0.400 e. The highest BCUT2D eigenvalue weighted by Gasteiger charge is 2.21. The van der Waals surface area contributed by atoms with Crippen LogP contribution >= 0.6 is 0 Å². The number of aliphatic hydroxyl groups excluding tert-OH is 3. The van der Waals surface area contributed by atoms with Gasteiger partial charge in [-0.15, -0.1) is 0 Å². The number of allylic oxidation sites excluding steroid dienone is 2. The fourth-order valence-electron chi connectivity index (χ4n) is 4.80. The van der Waals surface area contributed by atoms with E-state index in [1.807, 2.05) is 0 Å². The molecule has 0 aromatic heterocycles. The Balaban J connectivity index is 0.00000105. The van der Waals surface area contributed by atoms with E-state index in [9.17, 15) is 9.59 Å². The van der Waals surface area contributed by atoms with E-state index in [1.54, 1.807) is 7.11 Å². The van der Waals surface area contributed by atoms with E-state index in [4.69, 9.17) is 20.1 Å². The lowest BCUT2D eigenvalue weighted by Gasteiger charge is -2.28. The minimum absolute atomic E-state index is 0.218. The third-order valence-electron chi connectivity index (χ3n) is 7.33. The predicted octanol–water partition coefficient (Wildman–Crippen LogP) is 6.81. The van der Waals surface area contributed by atoms with Crippen molar-refractivity contribution in [3.63, 3.8) is 0 Å². The van der Waals surface area contributed by atoms with Crippen molar-refractivity contribution in [2.75, 3.05) is 34.0 Å². The molecule has 0 saturated heterocycles. The van der Waals surface area contributed by atoms with Crippen LogP contribution in [0.5, 0.6) is 0 Å². The molecule has 0 spiro atoms. The van der Waals surface area contributed by atoms with Crippen molar-refractivity contribution in [2.45, 2.75) is 71.1 Å². The number of carbonyl (C=O) groups is 2. The summed E-state index contributed by atoms with van der Waals surface area (Å²) in [4.78, 5) is 19.0. The summed E-state index contributed by atoms with van der Waals surface area (Å²) in [5.41, 5.74) is 7.43. The molecule has 0 radical (unpaired) electrons. The van der Waals surface area contributed by atoms with Crippen LogP contribution in [-0.2, 0) is 27.2 Å². The maximum atomic E-state index is 9.48. The summed E-state index contributed by atoms with van der Waals surface area (Å²) >= 11 is 0. The molecule has 0 aliphatic heterocycles. The average molecular weight is 595 g/mol. The second-order valence-corrected chi connectivity index (χ2v) is 10.5. The van der Waals surface area contributed by atoms with Gasteiger partial charge in [0, 0.05) is 25.4 Å². The van der Waals surface area contributed by atoms with Crippen LogP contribution in [0.3, 0.4) is 0 Å². The summed E-state index contributed by atoms with van der Waals surface area (Å²) in [6, 6.07) is 16.4. The van der Waals surface area contributed by atoms with Crippen LogP contribution in [0.15, 0.2) is 78.9 Å². The Morgan fingerprint density at radius 3 is 1.88 bits per heavy atom. The molecule has 238 valence electrons. The third-order valence-corrected chi connectivity index (χ3v) is 7.33. The first kappa shape index (κ1) is 39.8. The number of aliphatic hydroxyl groups is 3. The molecule has 0 atom stereocenters. The third kappa shape index (κ3) is 16.9. The van der Waals surface area contributed by atoms with Gasteiger partial charge in [0.2, 0.25) is 0 Å². The Hall–Kier alpha value is -3.16. The van der Waals surface area contributed by atoms with E-state index in [2.05, 4.69) is 81.6 Å². The number of ether oxygens (including phenoxy) is 1. The van der Waals surface area contributed by atoms with Crippen molar-refractivity contribution in [1.82, 2.24) is 0 Å². The van der Waals surface area contributed by atoms with Gasteiger partial charge in [0.25, 0.3) is 0 Å². The SMILES string of the molecule is C/C=C/CCC1CCC(c2ccc(-c3cc(CC)cc(CCOC)c3)cc2)CC1.C=C(C=O)CO.C=C(C=O)CO.CO. The Kier molecular flexibility index (Phi) is 23.5. The quantitative estimate of drug-likeness (QED) is 0.134. The standard InChI is InChI=1S/C28H38O.2C4H6O2.CH4O/c1-4-6-7-8-23-9-11-25(12-10-23)26-13-15-27(16-14-26)28-20-22(5-2)19-24(21-28)17-18-29-3;2*1-4(2-5)3-6;1-2/h4,6,13-16,19-21,23,25H,5,7-12,17-18H2,1-3H3;2*2,6H,1,3H2;2H,1H3/b6-4+;;;. The highest BCUT2D eigenvalue weighted by molar-refractivity contribution is 5.72. The maximum Gasteiger partial charge on any atom is 0.147 e. The van der Waals surface area contributed by atoms with Crippen molar-refractivity contribution in [1.29, 1.82) is 0 Å². The van der Waals surface area contributed by atoms with Gasteiger partial charge in [0.05, 0.1) is 19.8 Å². The average Bonchev–Trinajstić information content (AvgIpc) is 3.08. The molecular formula is C37H54O6. The van der Waals surface area contributed by atoms with Crippen LogP contribution in [0.2, 0.25) is 0 Å². The number of hydrogen-bond acceptors (Lipinski definition) is 6. The first-order chi connectivity index (χ1) is 20.8. The monoisotopic (exact) mass is 594 g/mol. The number of methoxy groups -OCH3 is 1. The zero-order valence-corrected chi connectivity index (χ0v) is 26.8. The normalized spacial score (nSPS) is 15.5. The summed E-state index contributed by atoms with van der Waals surface area (Å²) in [7, 11) is 2.78. The maximum absolute atomic E-state index is 9.48. The van der Waals surface area contributed by atoms with Crippen molar-refractivity contribution < 1.29 is 29.6 Å². The molecule has 1 aliphatic carbocycles. The molecule has 43 heavy (non-hydrogen) atoms. The molecule has 0 bridgehead atoms. The first-order valence-corrected chi connectivity index (χ1v) is 15.1. The minimum atomic E-state index is -0.233. The zero-order valence-electron chi connectivity index (χ0n) is 26.8. The lowest BCUT2D eigenvalue weighted by Crippen LogP contribution is -2.13. The van der Waals surface area contributed by atoms with Gasteiger partial charge >= 0.3 is 0 Å². The molecule has 2 aromatic rings. The summed E-state index contributed by atoms with van der Waals surface area (Å²) in [6.07, 6.45) is 15.7. The number of carbonyl (C=O) groups excluding carboxylic acids is 2. The van der Waals surface area contributed by atoms with Crippen LogP contribution in [-0.4, -0.2) is 61.9 Å². The zero-order chi connectivity index (χ0) is 32.5. The molecule has 6 nitrogen and oxygen atoms in total. The van der Waals surface area contributed by atoms with E-state index in [0.717, 1.165) is 38.4 Å². The molecule has 0 heterocycles. The predicted molar refractivity (Wildman–Crippen MR) is 178 cm³/mol. The number of aldehydes is 2. The molecule has 0 unspecified atom stereocenters. The van der Waals surface area contributed by atoms with E-state index >= 15 is 0 Å². The first-order valence-electron chi connectivity index (χ1n) is 15.1. The topological polar surface area (TPSA) is 104 Å². The van der Waals surface area contributed by atoms with E-state index < -0.39 is 0 Å². The van der Waals surface area contributed by atoms with Gasteiger partial charge in [0.1, 0.15) is 12.6 Å². The van der Waals surface area contributed by atoms with Crippen LogP contribution in [0, 0.1) is 5.92 Å². The van der Waals surface area contributed by atoms with Gasteiger partial charge in [-0.05, 0) is 97.9 Å². The van der Waals surface area contributed by atoms with Gasteiger partial charge in [-0.1, -0.05) is 74.7 Å². The molecule has 6 heteroatoms. The van der Waals surface area contributed by atoms with Gasteiger partial charge in [-0.3, -0.25) is 9.59 Å². The highest BCUT2D eigenvalue weighted by atomic mass is 16.5. The molecule has 3 N–H and O–H groups in total. The molecule has 1 fully saturated rings. The van der Waals surface area contributed by atoms with E-state index in [1.165, 1.54) is 66.3 Å². The van der Waals surface area contributed by atoms with E-state index in [0.29, 0.717) is 12.6 Å². The van der Waals surface area contributed by atoms with Crippen molar-refractivity contribution in [3.8, 4) is 11.1 Å². The summed E-state index contributed by atoms with van der Waals surface area (Å²) in [5, 5.41) is 23.0. The smallest absolute Gasteiger partial charge is 0.147 e. The summed E-state index contributed by atoms with van der Waals surface area (Å²) in [6.45, 7) is 11.0. The number of benzene rings is 2. The van der Waals surface area contributed by atoms with Crippen molar-refractivity contribution >= 4 is 12.6 Å². The number of hydrogen-bond donors (Lipinski definition) is 3. The Labute approximate surface area is 259 Å². The number of aryl methyl sites for hydroxylation is 1. The summed E-state index contributed by atoms with van der Waals surface area (Å²) < 4.78 is 5.28. The Bertz CT molecular complexity index is 1060. The summed E-state index contributed by atoms with van der Waals surface area (Å²) in [5.74, 6) is 1.69. The molecular weight excluding hydrogens is 540 g/mol. The van der Waals surface area contributed by atoms with Crippen LogP contribution in [0.4, 0.5) is 0 Å². The Morgan fingerprint density at radius 2 is 1.44 bits per heavy atom. The highest BCUT2D eigenvalue weighted by Crippen LogP contribution is 2.38.